The van der Waals surface area contributed by atoms with Gasteiger partial charge in [0.05, 0.1) is 19.0 Å². The molecular formula is C23H25N5O4. The maximum atomic E-state index is 12.9. The molecule has 1 atom stereocenters. The van der Waals surface area contributed by atoms with E-state index in [4.69, 9.17) is 9.47 Å². The van der Waals surface area contributed by atoms with E-state index >= 15 is 0 Å². The molecule has 0 unspecified atom stereocenters. The summed E-state index contributed by atoms with van der Waals surface area (Å²) in [5.41, 5.74) is 0.995. The Kier molecular flexibility index (Phi) is 6.44. The van der Waals surface area contributed by atoms with Crippen molar-refractivity contribution >= 4 is 5.91 Å². The number of piperidine rings is 1. The highest BCUT2D eigenvalue weighted by atomic mass is 16.5. The van der Waals surface area contributed by atoms with E-state index in [9.17, 15) is 9.59 Å². The third-order valence-electron chi connectivity index (χ3n) is 5.51. The Morgan fingerprint density at radius 1 is 1.19 bits per heavy atom. The van der Waals surface area contributed by atoms with Crippen LogP contribution < -0.4 is 15.0 Å². The summed E-state index contributed by atoms with van der Waals surface area (Å²) >= 11 is 0. The van der Waals surface area contributed by atoms with Crippen molar-refractivity contribution < 1.29 is 14.3 Å². The third-order valence-corrected chi connectivity index (χ3v) is 5.51. The number of hydrogen-bond acceptors (Lipinski definition) is 7. The van der Waals surface area contributed by atoms with E-state index in [1.807, 2.05) is 12.1 Å². The number of carbonyl (C=O) groups is 1. The van der Waals surface area contributed by atoms with Gasteiger partial charge < -0.3 is 19.4 Å². The number of hydrogen-bond donors (Lipinski definition) is 1. The molecule has 9 nitrogen and oxygen atoms in total. The number of H-pyrrole nitrogens is 1. The van der Waals surface area contributed by atoms with E-state index in [2.05, 4.69) is 19.9 Å². The summed E-state index contributed by atoms with van der Waals surface area (Å²) in [6.45, 7) is 2.88. The average Bonchev–Trinajstić information content (AvgIpc) is 2.84. The van der Waals surface area contributed by atoms with Gasteiger partial charge in [0.1, 0.15) is 5.69 Å². The summed E-state index contributed by atoms with van der Waals surface area (Å²) in [5, 5.41) is 0. The number of amides is 1. The number of methoxy groups -OCH3 is 1. The second-order valence-electron chi connectivity index (χ2n) is 7.62. The lowest BCUT2D eigenvalue weighted by Gasteiger charge is -2.33. The SMILES string of the molecule is COc1ccccc1O[C@H](C)C(=O)N1CCC(c2cc(=O)[nH]c(-c3cnccn3)n2)CC1. The van der Waals surface area contributed by atoms with Crippen molar-refractivity contribution in [1.82, 2.24) is 24.8 Å². The second-order valence-corrected chi connectivity index (χ2v) is 7.62. The Balaban J connectivity index is 1.40. The van der Waals surface area contributed by atoms with Crippen molar-refractivity contribution in [3.8, 4) is 23.0 Å². The van der Waals surface area contributed by atoms with Crippen LogP contribution in [0.25, 0.3) is 11.5 Å². The Morgan fingerprint density at radius 2 is 1.94 bits per heavy atom. The standard InChI is InChI=1S/C23H25N5O4/c1-15(32-20-6-4-3-5-19(20)31-2)23(30)28-11-7-16(8-12-28)17-13-21(29)27-22(26-17)18-14-24-9-10-25-18/h3-6,9-10,13-16H,7-8,11-12H2,1-2H3,(H,26,27,29)/t15-/m1/s1. The molecule has 1 amide bonds. The Bertz CT molecular complexity index is 1130. The monoisotopic (exact) mass is 435 g/mol. The number of carbonyl (C=O) groups excluding carboxylic acids is 1. The maximum Gasteiger partial charge on any atom is 0.263 e. The highest BCUT2D eigenvalue weighted by molar-refractivity contribution is 5.81. The molecule has 4 rings (SSSR count). The molecule has 166 valence electrons. The quantitative estimate of drug-likeness (QED) is 0.633. The first kappa shape index (κ1) is 21.5. The van der Waals surface area contributed by atoms with E-state index in [0.717, 1.165) is 0 Å². The van der Waals surface area contributed by atoms with Gasteiger partial charge in [-0.25, -0.2) is 9.97 Å². The molecule has 9 heteroatoms. The van der Waals surface area contributed by atoms with Crippen LogP contribution in [0.2, 0.25) is 0 Å². The number of aromatic nitrogens is 4. The van der Waals surface area contributed by atoms with Crippen LogP contribution in [0.5, 0.6) is 11.5 Å². The normalized spacial score (nSPS) is 15.2. The molecule has 3 aromatic rings. The van der Waals surface area contributed by atoms with E-state index in [1.165, 1.54) is 6.07 Å². The van der Waals surface area contributed by atoms with Gasteiger partial charge in [-0.3, -0.25) is 14.6 Å². The van der Waals surface area contributed by atoms with Crippen molar-refractivity contribution in [2.75, 3.05) is 20.2 Å². The Morgan fingerprint density at radius 3 is 2.62 bits per heavy atom. The molecule has 1 saturated heterocycles. The minimum atomic E-state index is -0.635. The van der Waals surface area contributed by atoms with Gasteiger partial charge in [0, 0.05) is 37.5 Å². The molecule has 0 spiro atoms. The van der Waals surface area contributed by atoms with Crippen molar-refractivity contribution in [1.29, 1.82) is 0 Å². The lowest BCUT2D eigenvalue weighted by atomic mass is 9.93. The zero-order chi connectivity index (χ0) is 22.5. The van der Waals surface area contributed by atoms with Crippen LogP contribution in [0, 0.1) is 0 Å². The number of likely N-dealkylation sites (tertiary alicyclic amines) is 1. The summed E-state index contributed by atoms with van der Waals surface area (Å²) in [5.74, 6) is 1.54. The van der Waals surface area contributed by atoms with Gasteiger partial charge in [0.15, 0.2) is 23.4 Å². The Hall–Kier alpha value is -3.75. The van der Waals surface area contributed by atoms with Gasteiger partial charge in [-0.1, -0.05) is 12.1 Å². The third kappa shape index (κ3) is 4.77. The van der Waals surface area contributed by atoms with Crippen LogP contribution in [0.3, 0.4) is 0 Å². The number of nitrogens with zero attached hydrogens (tertiary/aromatic N) is 4. The average molecular weight is 435 g/mol. The maximum absolute atomic E-state index is 12.9. The molecule has 0 saturated carbocycles. The van der Waals surface area contributed by atoms with Gasteiger partial charge >= 0.3 is 0 Å². The van der Waals surface area contributed by atoms with Gasteiger partial charge in [0.2, 0.25) is 0 Å². The fourth-order valence-corrected chi connectivity index (χ4v) is 3.84. The van der Waals surface area contributed by atoms with Gasteiger partial charge in [-0.05, 0) is 31.9 Å². The first-order valence-corrected chi connectivity index (χ1v) is 10.5. The minimum absolute atomic E-state index is 0.0755. The second kappa shape index (κ2) is 9.59. The fraction of sp³-hybridized carbons (Fsp3) is 0.348. The predicted octanol–water partition coefficient (Wildman–Crippen LogP) is 2.41. The topological polar surface area (TPSA) is 110 Å². The molecule has 2 aromatic heterocycles. The van der Waals surface area contributed by atoms with Crippen molar-refractivity contribution in [2.24, 2.45) is 0 Å². The van der Waals surface area contributed by atoms with E-state index in [0.29, 0.717) is 54.6 Å². The number of benzene rings is 1. The van der Waals surface area contributed by atoms with Gasteiger partial charge in [-0.15, -0.1) is 0 Å². The summed E-state index contributed by atoms with van der Waals surface area (Å²) < 4.78 is 11.1. The van der Waals surface area contributed by atoms with E-state index in [-0.39, 0.29) is 17.4 Å². The fourth-order valence-electron chi connectivity index (χ4n) is 3.84. The highest BCUT2D eigenvalue weighted by Gasteiger charge is 2.29. The lowest BCUT2D eigenvalue weighted by Crippen LogP contribution is -2.44. The molecule has 1 aromatic carbocycles. The van der Waals surface area contributed by atoms with Gasteiger partial charge in [-0.2, -0.15) is 0 Å². The van der Waals surface area contributed by atoms with Crippen LogP contribution in [0.15, 0.2) is 53.7 Å². The summed E-state index contributed by atoms with van der Waals surface area (Å²) in [7, 11) is 1.57. The van der Waals surface area contributed by atoms with Crippen LogP contribution in [0.1, 0.15) is 31.4 Å². The number of para-hydroxylation sites is 2. The molecular weight excluding hydrogens is 410 g/mol. The number of ether oxygens (including phenoxy) is 2. The molecule has 32 heavy (non-hydrogen) atoms. The lowest BCUT2D eigenvalue weighted by molar-refractivity contribution is -0.139. The summed E-state index contributed by atoms with van der Waals surface area (Å²) in [4.78, 5) is 42.5. The van der Waals surface area contributed by atoms with E-state index < -0.39 is 6.10 Å². The molecule has 1 fully saturated rings. The molecule has 3 heterocycles. The first-order valence-electron chi connectivity index (χ1n) is 10.5. The molecule has 1 N–H and O–H groups in total. The van der Waals surface area contributed by atoms with Gasteiger partial charge in [0.25, 0.3) is 11.5 Å². The molecule has 0 bridgehead atoms. The van der Waals surface area contributed by atoms with Crippen LogP contribution in [-0.2, 0) is 4.79 Å². The Labute approximate surface area is 185 Å². The smallest absolute Gasteiger partial charge is 0.263 e. The van der Waals surface area contributed by atoms with Crippen molar-refractivity contribution in [3.63, 3.8) is 0 Å². The molecule has 1 aliphatic rings. The zero-order valence-electron chi connectivity index (χ0n) is 18.0. The molecule has 0 radical (unpaired) electrons. The number of aromatic amines is 1. The van der Waals surface area contributed by atoms with Crippen LogP contribution >= 0.6 is 0 Å². The zero-order valence-corrected chi connectivity index (χ0v) is 18.0. The predicted molar refractivity (Wildman–Crippen MR) is 118 cm³/mol. The van der Waals surface area contributed by atoms with E-state index in [1.54, 1.807) is 49.7 Å². The molecule has 0 aliphatic carbocycles. The first-order chi connectivity index (χ1) is 15.5. The van der Waals surface area contributed by atoms with Crippen molar-refractivity contribution in [3.05, 3.63) is 65.0 Å². The van der Waals surface area contributed by atoms with Crippen LogP contribution in [-0.4, -0.2) is 57.0 Å². The van der Waals surface area contributed by atoms with Crippen molar-refractivity contribution in [2.45, 2.75) is 31.8 Å². The number of nitrogens with one attached hydrogen (secondary N) is 1. The molecule has 1 aliphatic heterocycles. The largest absolute Gasteiger partial charge is 0.493 e. The number of rotatable bonds is 6. The minimum Gasteiger partial charge on any atom is -0.493 e. The summed E-state index contributed by atoms with van der Waals surface area (Å²) in [6, 6.07) is 8.78. The van der Waals surface area contributed by atoms with Crippen LogP contribution in [0.4, 0.5) is 0 Å². The highest BCUT2D eigenvalue weighted by Crippen LogP contribution is 2.29. The summed E-state index contributed by atoms with van der Waals surface area (Å²) in [6.07, 6.45) is 5.47.